The van der Waals surface area contributed by atoms with Crippen molar-refractivity contribution in [1.29, 1.82) is 0 Å². The second-order valence-corrected chi connectivity index (χ2v) is 6.99. The molecule has 5 nitrogen and oxygen atoms in total. The van der Waals surface area contributed by atoms with E-state index in [-0.39, 0.29) is 6.10 Å². The van der Waals surface area contributed by atoms with Gasteiger partial charge in [-0.25, -0.2) is 0 Å². The Labute approximate surface area is 154 Å². The summed E-state index contributed by atoms with van der Waals surface area (Å²) in [5, 5.41) is 0. The van der Waals surface area contributed by atoms with E-state index in [1.807, 2.05) is 24.3 Å². The fraction of sp³-hybridized carbons (Fsp3) is 0.429. The minimum Gasteiger partial charge on any atom is -0.493 e. The Bertz CT molecular complexity index is 792. The normalized spacial score (nSPS) is 23.9. The van der Waals surface area contributed by atoms with Crippen LogP contribution in [0.15, 0.2) is 36.4 Å². The van der Waals surface area contributed by atoms with Crippen molar-refractivity contribution in [3.05, 3.63) is 47.5 Å². The van der Waals surface area contributed by atoms with Gasteiger partial charge in [0.25, 0.3) is 0 Å². The van der Waals surface area contributed by atoms with Crippen LogP contribution in [0.1, 0.15) is 24.1 Å². The number of para-hydroxylation sites is 2. The number of rotatable bonds is 4. The first-order valence-corrected chi connectivity index (χ1v) is 9.17. The van der Waals surface area contributed by atoms with E-state index in [0.29, 0.717) is 12.6 Å². The molecule has 3 atom stereocenters. The highest BCUT2D eigenvalue weighted by molar-refractivity contribution is 5.48. The van der Waals surface area contributed by atoms with Gasteiger partial charge in [0, 0.05) is 12.0 Å². The minimum absolute atomic E-state index is 0.0732. The van der Waals surface area contributed by atoms with Crippen LogP contribution in [0.2, 0.25) is 0 Å². The van der Waals surface area contributed by atoms with Crippen LogP contribution in [0, 0.1) is 0 Å². The third-order valence-electron chi connectivity index (χ3n) is 5.50. The summed E-state index contributed by atoms with van der Waals surface area (Å²) in [6, 6.07) is 12.5. The van der Waals surface area contributed by atoms with Gasteiger partial charge in [-0.15, -0.1) is 0 Å². The average Bonchev–Trinajstić information content (AvgIpc) is 2.69. The number of methoxy groups -OCH3 is 2. The summed E-state index contributed by atoms with van der Waals surface area (Å²) in [4.78, 5) is 1.51. The summed E-state index contributed by atoms with van der Waals surface area (Å²) in [5.41, 5.74) is 2.69. The van der Waals surface area contributed by atoms with Gasteiger partial charge in [0.2, 0.25) is 0 Å². The quantitative estimate of drug-likeness (QED) is 0.910. The maximum Gasteiger partial charge on any atom is 0.181 e. The highest BCUT2D eigenvalue weighted by Crippen LogP contribution is 2.34. The van der Waals surface area contributed by atoms with Crippen LogP contribution in [0.4, 0.5) is 0 Å². The number of fused-ring (bicyclic) bond motifs is 2. The van der Waals surface area contributed by atoms with E-state index in [4.69, 9.17) is 18.9 Å². The summed E-state index contributed by atoms with van der Waals surface area (Å²) in [6.45, 7) is 4.87. The number of quaternary nitrogens is 1. The standard InChI is InChI=1S/C21H25NO4/c1-14-17-11-21(24-3)20(23-2)10-15(17)8-9-22(14)12-16-13-25-18-6-4-5-7-19(18)26-16/h4-7,10-11,14,16H,8-9,12-13H2,1-3H3/p+1/t14-,16+/m1/s1. The Morgan fingerprint density at radius 2 is 1.81 bits per heavy atom. The van der Waals surface area contributed by atoms with Gasteiger partial charge in [0.15, 0.2) is 29.1 Å². The molecule has 0 amide bonds. The fourth-order valence-electron chi connectivity index (χ4n) is 4.02. The van der Waals surface area contributed by atoms with Gasteiger partial charge in [-0.2, -0.15) is 0 Å². The second kappa shape index (κ2) is 7.08. The number of ether oxygens (including phenoxy) is 4. The van der Waals surface area contributed by atoms with Crippen LogP contribution in [0.5, 0.6) is 23.0 Å². The first-order chi connectivity index (χ1) is 12.7. The summed E-state index contributed by atoms with van der Waals surface area (Å²) >= 11 is 0. The lowest BCUT2D eigenvalue weighted by molar-refractivity contribution is -0.934. The second-order valence-electron chi connectivity index (χ2n) is 6.99. The Hall–Kier alpha value is -2.40. The summed E-state index contributed by atoms with van der Waals surface area (Å²) in [7, 11) is 3.37. The van der Waals surface area contributed by atoms with E-state index < -0.39 is 0 Å². The first kappa shape index (κ1) is 17.0. The molecule has 0 saturated heterocycles. The van der Waals surface area contributed by atoms with Crippen LogP contribution < -0.4 is 23.8 Å². The average molecular weight is 356 g/mol. The molecule has 0 spiro atoms. The number of hydrogen-bond donors (Lipinski definition) is 1. The highest BCUT2D eigenvalue weighted by Gasteiger charge is 2.33. The Balaban J connectivity index is 1.50. The largest absolute Gasteiger partial charge is 0.493 e. The molecule has 2 aliphatic rings. The van der Waals surface area contributed by atoms with Crippen molar-refractivity contribution in [2.24, 2.45) is 0 Å². The Morgan fingerprint density at radius 3 is 2.58 bits per heavy atom. The molecule has 0 radical (unpaired) electrons. The van der Waals surface area contributed by atoms with E-state index in [1.54, 1.807) is 14.2 Å². The maximum atomic E-state index is 6.16. The van der Waals surface area contributed by atoms with E-state index >= 15 is 0 Å². The summed E-state index contributed by atoms with van der Waals surface area (Å²) in [6.07, 6.45) is 1.10. The zero-order chi connectivity index (χ0) is 18.1. The van der Waals surface area contributed by atoms with Gasteiger partial charge in [-0.3, -0.25) is 0 Å². The van der Waals surface area contributed by atoms with Crippen molar-refractivity contribution in [3.63, 3.8) is 0 Å². The molecular weight excluding hydrogens is 330 g/mol. The zero-order valence-electron chi connectivity index (χ0n) is 15.6. The number of nitrogens with one attached hydrogen (secondary N) is 1. The topological polar surface area (TPSA) is 41.4 Å². The van der Waals surface area contributed by atoms with Gasteiger partial charge >= 0.3 is 0 Å². The molecule has 0 aromatic heterocycles. The van der Waals surface area contributed by atoms with Gasteiger partial charge in [0.05, 0.1) is 20.8 Å². The van der Waals surface area contributed by atoms with Crippen molar-refractivity contribution in [3.8, 4) is 23.0 Å². The van der Waals surface area contributed by atoms with Gasteiger partial charge in [-0.1, -0.05) is 12.1 Å². The SMILES string of the molecule is COc1cc2c(cc1OC)[C@@H](C)[NH+](C[C@H]1COc3ccccc3O1)CC2. The molecule has 1 unspecified atom stereocenters. The summed E-state index contributed by atoms with van der Waals surface area (Å²) < 4.78 is 23.0. The van der Waals surface area contributed by atoms with E-state index in [1.165, 1.54) is 16.0 Å². The predicted molar refractivity (Wildman–Crippen MR) is 98.7 cm³/mol. The lowest BCUT2D eigenvalue weighted by Gasteiger charge is -2.36. The molecule has 0 fully saturated rings. The molecule has 2 aliphatic heterocycles. The van der Waals surface area contributed by atoms with Crippen LogP contribution in [-0.4, -0.2) is 40.0 Å². The fourth-order valence-corrected chi connectivity index (χ4v) is 4.02. The molecule has 0 aliphatic carbocycles. The molecule has 2 aromatic rings. The molecule has 2 heterocycles. The molecule has 4 rings (SSSR count). The van der Waals surface area contributed by atoms with Crippen LogP contribution in [-0.2, 0) is 6.42 Å². The summed E-state index contributed by atoms with van der Waals surface area (Å²) in [5.74, 6) is 3.29. The van der Waals surface area contributed by atoms with Crippen LogP contribution in [0.25, 0.3) is 0 Å². The third-order valence-corrected chi connectivity index (χ3v) is 5.50. The smallest absolute Gasteiger partial charge is 0.181 e. The Morgan fingerprint density at radius 1 is 1.08 bits per heavy atom. The lowest BCUT2D eigenvalue weighted by Crippen LogP contribution is -3.14. The van der Waals surface area contributed by atoms with Crippen LogP contribution in [0.3, 0.4) is 0 Å². The molecule has 138 valence electrons. The molecule has 0 bridgehead atoms. The lowest BCUT2D eigenvalue weighted by atomic mass is 9.92. The zero-order valence-corrected chi connectivity index (χ0v) is 15.6. The molecule has 2 aromatic carbocycles. The van der Waals surface area contributed by atoms with Gasteiger partial charge < -0.3 is 23.8 Å². The van der Waals surface area contributed by atoms with Crippen molar-refractivity contribution in [2.45, 2.75) is 25.5 Å². The van der Waals surface area contributed by atoms with Crippen LogP contribution >= 0.6 is 0 Å². The minimum atomic E-state index is 0.0732. The van der Waals surface area contributed by atoms with E-state index in [0.717, 1.165) is 42.5 Å². The predicted octanol–water partition coefficient (Wildman–Crippen LogP) is 2.05. The van der Waals surface area contributed by atoms with Crippen molar-refractivity contribution in [2.75, 3.05) is 33.9 Å². The van der Waals surface area contributed by atoms with Gasteiger partial charge in [0.1, 0.15) is 19.2 Å². The molecule has 5 heteroatoms. The molecule has 1 N–H and O–H groups in total. The van der Waals surface area contributed by atoms with E-state index in [2.05, 4.69) is 19.1 Å². The molecular formula is C21H26NO4+. The van der Waals surface area contributed by atoms with Crippen molar-refractivity contribution in [1.82, 2.24) is 0 Å². The highest BCUT2D eigenvalue weighted by atomic mass is 16.6. The molecule has 26 heavy (non-hydrogen) atoms. The Kier molecular flexibility index (Phi) is 4.64. The molecule has 0 saturated carbocycles. The number of benzene rings is 2. The maximum absolute atomic E-state index is 6.16. The first-order valence-electron chi connectivity index (χ1n) is 9.17. The monoisotopic (exact) mass is 356 g/mol. The van der Waals surface area contributed by atoms with Gasteiger partial charge in [-0.05, 0) is 36.8 Å². The number of hydrogen-bond acceptors (Lipinski definition) is 4. The van der Waals surface area contributed by atoms with E-state index in [9.17, 15) is 0 Å². The van der Waals surface area contributed by atoms with Crippen molar-refractivity contribution < 1.29 is 23.8 Å². The van der Waals surface area contributed by atoms with Crippen molar-refractivity contribution >= 4 is 0 Å². The third kappa shape index (κ3) is 3.07.